The van der Waals surface area contributed by atoms with E-state index in [4.69, 9.17) is 16.3 Å². The minimum absolute atomic E-state index is 0.0191. The number of hydrogen-bond acceptors (Lipinski definition) is 4. The van der Waals surface area contributed by atoms with E-state index in [1.165, 1.54) is 4.90 Å². The number of fused-ring (bicyclic) bond motifs is 3. The number of terminal acetylenes is 1. The molecule has 7 nitrogen and oxygen atoms in total. The number of hydrogen-bond donors (Lipinski definition) is 2. The van der Waals surface area contributed by atoms with E-state index >= 15 is 0 Å². The van der Waals surface area contributed by atoms with Crippen molar-refractivity contribution in [3.05, 3.63) is 59.7 Å². The van der Waals surface area contributed by atoms with E-state index < -0.39 is 18.6 Å². The van der Waals surface area contributed by atoms with Crippen LogP contribution in [0.1, 0.15) is 36.3 Å². The molecule has 0 radical (unpaired) electrons. The predicted molar refractivity (Wildman–Crippen MR) is 122 cm³/mol. The summed E-state index contributed by atoms with van der Waals surface area (Å²) in [6, 6.07) is 16.1. The Morgan fingerprint density at radius 3 is 2.30 bits per heavy atom. The maximum atomic E-state index is 12.7. The lowest BCUT2D eigenvalue weighted by Crippen LogP contribution is -2.40. The largest absolute Gasteiger partial charge is 0.480 e. The highest BCUT2D eigenvalue weighted by molar-refractivity contribution is 5.84. The Hall–Kier alpha value is -3.79. The number of carboxylic acids is 1. The summed E-state index contributed by atoms with van der Waals surface area (Å²) in [4.78, 5) is 37.3. The SMILES string of the molecule is C#CCN(CC(=O)O)C(=O)C1CCC(NC(=O)OCC2c3ccccc3-c3ccccc32)C1. The third-order valence-corrected chi connectivity index (χ3v) is 6.37. The summed E-state index contributed by atoms with van der Waals surface area (Å²) in [5.41, 5.74) is 4.62. The number of benzene rings is 2. The molecule has 0 bridgehead atoms. The smallest absolute Gasteiger partial charge is 0.407 e. The average molecular weight is 447 g/mol. The first-order valence-electron chi connectivity index (χ1n) is 11.0. The summed E-state index contributed by atoms with van der Waals surface area (Å²) >= 11 is 0. The first-order valence-corrected chi connectivity index (χ1v) is 11.0. The Labute approximate surface area is 192 Å². The molecule has 1 saturated carbocycles. The molecule has 170 valence electrons. The van der Waals surface area contributed by atoms with Crippen molar-refractivity contribution in [2.24, 2.45) is 5.92 Å². The summed E-state index contributed by atoms with van der Waals surface area (Å²) < 4.78 is 5.59. The van der Waals surface area contributed by atoms with Crippen LogP contribution in [0.2, 0.25) is 0 Å². The van der Waals surface area contributed by atoms with E-state index in [0.717, 1.165) is 22.3 Å². The Morgan fingerprint density at radius 2 is 1.70 bits per heavy atom. The summed E-state index contributed by atoms with van der Waals surface area (Å²) in [6.45, 7) is -0.250. The molecule has 2 amide bonds. The molecule has 2 aromatic carbocycles. The van der Waals surface area contributed by atoms with Crippen molar-refractivity contribution < 1.29 is 24.2 Å². The van der Waals surface area contributed by atoms with Crippen molar-refractivity contribution in [3.63, 3.8) is 0 Å². The van der Waals surface area contributed by atoms with Gasteiger partial charge in [0.1, 0.15) is 13.2 Å². The number of rotatable bonds is 7. The molecule has 0 aromatic heterocycles. The fourth-order valence-corrected chi connectivity index (χ4v) is 4.89. The van der Waals surface area contributed by atoms with Gasteiger partial charge in [0, 0.05) is 17.9 Å². The summed E-state index contributed by atoms with van der Waals surface area (Å²) in [5.74, 6) is 0.556. The van der Waals surface area contributed by atoms with Crippen LogP contribution in [-0.2, 0) is 14.3 Å². The van der Waals surface area contributed by atoms with Crippen LogP contribution in [0.4, 0.5) is 4.79 Å². The molecule has 1 fully saturated rings. The van der Waals surface area contributed by atoms with Crippen molar-refractivity contribution in [2.45, 2.75) is 31.2 Å². The molecular formula is C26H26N2O5. The number of nitrogens with zero attached hydrogens (tertiary/aromatic N) is 1. The molecule has 2 aromatic rings. The van der Waals surface area contributed by atoms with Gasteiger partial charge in [0.2, 0.25) is 5.91 Å². The Morgan fingerprint density at radius 1 is 1.06 bits per heavy atom. The first kappa shape index (κ1) is 22.4. The minimum Gasteiger partial charge on any atom is -0.480 e. The van der Waals surface area contributed by atoms with Gasteiger partial charge in [-0.2, -0.15) is 0 Å². The molecule has 2 aliphatic carbocycles. The van der Waals surface area contributed by atoms with Crippen LogP contribution in [0, 0.1) is 18.3 Å². The predicted octanol–water partition coefficient (Wildman–Crippen LogP) is 3.24. The van der Waals surface area contributed by atoms with Crippen molar-refractivity contribution in [3.8, 4) is 23.5 Å². The van der Waals surface area contributed by atoms with Crippen LogP contribution in [0.5, 0.6) is 0 Å². The molecule has 0 spiro atoms. The van der Waals surface area contributed by atoms with Gasteiger partial charge >= 0.3 is 12.1 Å². The van der Waals surface area contributed by atoms with Crippen LogP contribution >= 0.6 is 0 Å². The number of carbonyl (C=O) groups is 3. The third-order valence-electron chi connectivity index (χ3n) is 6.37. The highest BCUT2D eigenvalue weighted by Crippen LogP contribution is 2.44. The first-order chi connectivity index (χ1) is 16.0. The van der Waals surface area contributed by atoms with Gasteiger partial charge in [0.05, 0.1) is 6.54 Å². The van der Waals surface area contributed by atoms with Crippen LogP contribution in [0.15, 0.2) is 48.5 Å². The normalized spacial score (nSPS) is 18.6. The zero-order chi connectivity index (χ0) is 23.4. The number of amides is 2. The number of carboxylic acid groups (broad SMARTS) is 1. The number of carbonyl (C=O) groups excluding carboxylic acids is 2. The van der Waals surface area contributed by atoms with Gasteiger partial charge in [-0.3, -0.25) is 9.59 Å². The topological polar surface area (TPSA) is 95.9 Å². The van der Waals surface area contributed by atoms with Crippen LogP contribution in [0.25, 0.3) is 11.1 Å². The fourth-order valence-electron chi connectivity index (χ4n) is 4.89. The third kappa shape index (κ3) is 4.85. The van der Waals surface area contributed by atoms with Gasteiger partial charge in [-0.25, -0.2) is 4.79 Å². The van der Waals surface area contributed by atoms with Gasteiger partial charge in [-0.05, 0) is 41.5 Å². The molecule has 0 heterocycles. The van der Waals surface area contributed by atoms with Gasteiger partial charge in [0.25, 0.3) is 0 Å². The second-order valence-corrected chi connectivity index (χ2v) is 8.47. The lowest BCUT2D eigenvalue weighted by atomic mass is 9.98. The number of aliphatic carboxylic acids is 1. The molecule has 2 unspecified atom stereocenters. The van der Waals surface area contributed by atoms with Crippen molar-refractivity contribution in [2.75, 3.05) is 19.7 Å². The van der Waals surface area contributed by atoms with Gasteiger partial charge < -0.3 is 20.1 Å². The Balaban J connectivity index is 1.32. The highest BCUT2D eigenvalue weighted by Gasteiger charge is 2.34. The second kappa shape index (κ2) is 9.78. The summed E-state index contributed by atoms with van der Waals surface area (Å²) in [6.07, 6.45) is 6.38. The second-order valence-electron chi connectivity index (χ2n) is 8.47. The lowest BCUT2D eigenvalue weighted by Gasteiger charge is -2.22. The van der Waals surface area contributed by atoms with Crippen molar-refractivity contribution >= 4 is 18.0 Å². The van der Waals surface area contributed by atoms with E-state index in [9.17, 15) is 14.4 Å². The average Bonchev–Trinajstić information content (AvgIpc) is 3.39. The van der Waals surface area contributed by atoms with E-state index in [2.05, 4.69) is 35.5 Å². The van der Waals surface area contributed by atoms with Gasteiger partial charge in [0.15, 0.2) is 0 Å². The zero-order valence-electron chi connectivity index (χ0n) is 18.2. The van der Waals surface area contributed by atoms with Crippen LogP contribution in [-0.4, -0.2) is 53.7 Å². The van der Waals surface area contributed by atoms with E-state index in [0.29, 0.717) is 19.3 Å². The summed E-state index contributed by atoms with van der Waals surface area (Å²) in [5, 5.41) is 11.9. The molecular weight excluding hydrogens is 420 g/mol. The van der Waals surface area contributed by atoms with E-state index in [-0.39, 0.29) is 36.9 Å². The zero-order valence-corrected chi connectivity index (χ0v) is 18.2. The van der Waals surface area contributed by atoms with Crippen LogP contribution < -0.4 is 5.32 Å². The molecule has 7 heteroatoms. The minimum atomic E-state index is -1.11. The van der Waals surface area contributed by atoms with Crippen molar-refractivity contribution in [1.29, 1.82) is 0 Å². The molecule has 2 aliphatic rings. The van der Waals surface area contributed by atoms with Gasteiger partial charge in [-0.15, -0.1) is 6.42 Å². The standard InChI is InChI=1S/C26H26N2O5/c1-2-13-28(15-24(29)30)25(31)17-11-12-18(14-17)27-26(32)33-16-23-21-9-5-3-7-19(21)20-8-4-6-10-22(20)23/h1,3-10,17-18,23H,11-16H2,(H,27,32)(H,29,30). The van der Waals surface area contributed by atoms with E-state index in [1.807, 2.05) is 24.3 Å². The monoisotopic (exact) mass is 446 g/mol. The van der Waals surface area contributed by atoms with E-state index in [1.54, 1.807) is 0 Å². The molecule has 33 heavy (non-hydrogen) atoms. The van der Waals surface area contributed by atoms with Gasteiger partial charge in [-0.1, -0.05) is 54.5 Å². The van der Waals surface area contributed by atoms with Crippen molar-refractivity contribution in [1.82, 2.24) is 10.2 Å². The molecule has 2 atom stereocenters. The maximum absolute atomic E-state index is 12.7. The maximum Gasteiger partial charge on any atom is 0.407 e. The Kier molecular flexibility index (Phi) is 6.64. The lowest BCUT2D eigenvalue weighted by molar-refractivity contribution is -0.145. The fraction of sp³-hybridized carbons (Fsp3) is 0.346. The number of nitrogens with one attached hydrogen (secondary N) is 1. The highest BCUT2D eigenvalue weighted by atomic mass is 16.5. The summed E-state index contributed by atoms with van der Waals surface area (Å²) in [7, 11) is 0. The molecule has 2 N–H and O–H groups in total. The molecule has 4 rings (SSSR count). The quantitative estimate of drug-likeness (QED) is 0.637. The number of alkyl carbamates (subject to hydrolysis) is 1. The number of ether oxygens (including phenoxy) is 1. The Bertz CT molecular complexity index is 1060. The molecule has 0 saturated heterocycles. The molecule has 0 aliphatic heterocycles. The van der Waals surface area contributed by atoms with Crippen LogP contribution in [0.3, 0.4) is 0 Å².